The molecule has 2 aromatic rings. The van der Waals surface area contributed by atoms with Gasteiger partial charge in [-0.3, -0.25) is 19.9 Å². The fourth-order valence-corrected chi connectivity index (χ4v) is 3.90. The van der Waals surface area contributed by atoms with E-state index < -0.39 is 23.4 Å². The summed E-state index contributed by atoms with van der Waals surface area (Å²) in [6, 6.07) is 7.66. The first-order valence-electron chi connectivity index (χ1n) is 9.05. The predicted molar refractivity (Wildman–Crippen MR) is 113 cm³/mol. The van der Waals surface area contributed by atoms with Gasteiger partial charge in [-0.1, -0.05) is 23.2 Å². The van der Waals surface area contributed by atoms with Crippen LogP contribution in [0.25, 0.3) is 0 Å². The molecule has 4 rings (SSSR count). The average molecular weight is 460 g/mol. The Kier molecular flexibility index (Phi) is 4.92. The van der Waals surface area contributed by atoms with Gasteiger partial charge in [-0.2, -0.15) is 5.26 Å². The second-order valence-electron chi connectivity index (χ2n) is 7.46. The van der Waals surface area contributed by atoms with Crippen molar-refractivity contribution in [2.75, 3.05) is 10.3 Å². The molecular weight excluding hydrogens is 445 g/mol. The van der Waals surface area contributed by atoms with Crippen molar-refractivity contribution in [2.45, 2.75) is 25.3 Å². The number of carbonyl (C=O) groups is 3. The lowest BCUT2D eigenvalue weighted by Crippen LogP contribution is -2.64. The Labute approximate surface area is 186 Å². The average Bonchev–Trinajstić information content (AvgIpc) is 2.92. The van der Waals surface area contributed by atoms with Crippen LogP contribution in [0, 0.1) is 11.3 Å². The van der Waals surface area contributed by atoms with Crippen molar-refractivity contribution in [2.24, 2.45) is 0 Å². The second-order valence-corrected chi connectivity index (χ2v) is 8.27. The van der Waals surface area contributed by atoms with E-state index in [9.17, 15) is 19.6 Å². The van der Waals surface area contributed by atoms with Gasteiger partial charge in [-0.25, -0.2) is 10.2 Å². The van der Waals surface area contributed by atoms with Crippen LogP contribution in [0.3, 0.4) is 0 Å². The molecule has 31 heavy (non-hydrogen) atoms. The number of hydrogen-bond donors (Lipinski definition) is 3. The first kappa shape index (κ1) is 20.8. The molecule has 9 nitrogen and oxygen atoms in total. The highest BCUT2D eigenvalue weighted by Crippen LogP contribution is 2.43. The fourth-order valence-electron chi connectivity index (χ4n) is 3.34. The molecule has 1 atom stereocenters. The van der Waals surface area contributed by atoms with Gasteiger partial charge < -0.3 is 10.1 Å². The van der Waals surface area contributed by atoms with Crippen LogP contribution >= 0.6 is 23.2 Å². The smallest absolute Gasteiger partial charge is 0.340 e. The third-order valence-corrected chi connectivity index (χ3v) is 5.61. The third-order valence-electron chi connectivity index (χ3n) is 5.05. The van der Waals surface area contributed by atoms with E-state index in [0.29, 0.717) is 11.4 Å². The molecule has 1 unspecified atom stereocenters. The summed E-state index contributed by atoms with van der Waals surface area (Å²) in [5.74, 6) is -0.327. The molecule has 2 aliphatic rings. The molecule has 11 heteroatoms. The maximum absolute atomic E-state index is 12.1. The van der Waals surface area contributed by atoms with E-state index in [2.05, 4.69) is 10.7 Å². The molecule has 2 aliphatic heterocycles. The van der Waals surface area contributed by atoms with Crippen molar-refractivity contribution in [3.8, 4) is 17.6 Å². The molecule has 1 fully saturated rings. The summed E-state index contributed by atoms with van der Waals surface area (Å²) in [5, 5.41) is 15.4. The zero-order valence-electron chi connectivity index (χ0n) is 16.2. The van der Waals surface area contributed by atoms with E-state index in [-0.39, 0.29) is 27.4 Å². The largest absolute Gasteiger partial charge is 0.454 e. The molecule has 0 aliphatic carbocycles. The molecule has 0 spiro atoms. The van der Waals surface area contributed by atoms with Crippen molar-refractivity contribution in [3.63, 3.8) is 0 Å². The number of imide groups is 1. The lowest BCUT2D eigenvalue weighted by atomic mass is 9.86. The molecular formula is C20H15Cl2N5O4. The minimum atomic E-state index is -1.31. The van der Waals surface area contributed by atoms with Crippen molar-refractivity contribution >= 4 is 52.4 Å². The number of nitrogens with one attached hydrogen (secondary N) is 3. The molecule has 158 valence electrons. The van der Waals surface area contributed by atoms with Crippen molar-refractivity contribution in [3.05, 3.63) is 45.9 Å². The SMILES string of the molecule is CC1(C)C(=O)Nc2ccc(Oc3c(Cl)cc(N4NC(=O)NC(=O)C4C#N)cc3Cl)cc21. The molecule has 3 N–H and O–H groups in total. The van der Waals surface area contributed by atoms with Crippen LogP contribution in [0.5, 0.6) is 11.5 Å². The van der Waals surface area contributed by atoms with Gasteiger partial charge in [0.25, 0.3) is 5.91 Å². The minimum Gasteiger partial charge on any atom is -0.454 e. The van der Waals surface area contributed by atoms with Gasteiger partial charge in [0.15, 0.2) is 5.75 Å². The van der Waals surface area contributed by atoms with Gasteiger partial charge in [0.1, 0.15) is 5.75 Å². The van der Waals surface area contributed by atoms with Crippen LogP contribution < -0.4 is 25.8 Å². The standard InChI is InChI=1S/C20H15Cl2N5O4/c1-20(2)11-7-10(3-4-14(11)24-18(20)29)31-16-12(21)5-9(6-13(16)22)27-15(8-23)17(28)25-19(30)26-27/h3-7,15H,1-2H3,(H,24,29)(H2,25,26,28,30). The van der Waals surface area contributed by atoms with Gasteiger partial charge in [0.05, 0.1) is 27.2 Å². The van der Waals surface area contributed by atoms with E-state index in [1.807, 2.05) is 5.32 Å². The van der Waals surface area contributed by atoms with Gasteiger partial charge in [0, 0.05) is 5.69 Å². The molecule has 0 bridgehead atoms. The lowest BCUT2D eigenvalue weighted by Gasteiger charge is -2.32. The van der Waals surface area contributed by atoms with Crippen LogP contribution in [-0.4, -0.2) is 23.9 Å². The van der Waals surface area contributed by atoms with E-state index in [4.69, 9.17) is 27.9 Å². The summed E-state index contributed by atoms with van der Waals surface area (Å²) in [7, 11) is 0. The number of ether oxygens (including phenoxy) is 1. The summed E-state index contributed by atoms with van der Waals surface area (Å²) in [5.41, 5.74) is 3.36. The number of hydrazine groups is 1. The quantitative estimate of drug-likeness (QED) is 0.645. The van der Waals surface area contributed by atoms with Crippen LogP contribution in [0.4, 0.5) is 16.2 Å². The third kappa shape index (κ3) is 3.50. The number of nitrogens with zero attached hydrogens (tertiary/aromatic N) is 2. The van der Waals surface area contributed by atoms with Gasteiger partial charge >= 0.3 is 6.03 Å². The topological polar surface area (TPSA) is 124 Å². The number of fused-ring (bicyclic) bond motifs is 1. The zero-order chi connectivity index (χ0) is 22.5. The summed E-state index contributed by atoms with van der Waals surface area (Å²) in [6.07, 6.45) is 0. The molecule has 2 aromatic carbocycles. The summed E-state index contributed by atoms with van der Waals surface area (Å²) in [4.78, 5) is 35.7. The van der Waals surface area contributed by atoms with Gasteiger partial charge in [-0.05, 0) is 49.7 Å². The first-order valence-corrected chi connectivity index (χ1v) is 9.80. The van der Waals surface area contributed by atoms with Crippen molar-refractivity contribution in [1.29, 1.82) is 5.26 Å². The van der Waals surface area contributed by atoms with E-state index >= 15 is 0 Å². The lowest BCUT2D eigenvalue weighted by molar-refractivity contribution is -0.121. The van der Waals surface area contributed by atoms with E-state index in [1.54, 1.807) is 38.1 Å². The number of nitriles is 1. The summed E-state index contributed by atoms with van der Waals surface area (Å²) < 4.78 is 5.88. The molecule has 0 aromatic heterocycles. The van der Waals surface area contributed by atoms with Crippen LogP contribution in [0.1, 0.15) is 19.4 Å². The fraction of sp³-hybridized carbons (Fsp3) is 0.200. The Hall–Kier alpha value is -3.48. The summed E-state index contributed by atoms with van der Waals surface area (Å²) >= 11 is 12.7. The molecule has 2 heterocycles. The zero-order valence-corrected chi connectivity index (χ0v) is 17.8. The number of rotatable bonds is 3. The van der Waals surface area contributed by atoms with Crippen LogP contribution in [0.15, 0.2) is 30.3 Å². The minimum absolute atomic E-state index is 0.0911. The monoisotopic (exact) mass is 459 g/mol. The Morgan fingerprint density at radius 1 is 1.10 bits per heavy atom. The van der Waals surface area contributed by atoms with E-state index in [1.165, 1.54) is 12.1 Å². The molecule has 4 amide bonds. The number of benzene rings is 2. The Bertz CT molecular complexity index is 1170. The normalized spacial score (nSPS) is 19.1. The number of urea groups is 1. The van der Waals surface area contributed by atoms with Gasteiger partial charge in [-0.15, -0.1) is 0 Å². The Morgan fingerprint density at radius 3 is 2.42 bits per heavy atom. The molecule has 0 saturated carbocycles. The maximum atomic E-state index is 12.1. The number of hydrogen-bond acceptors (Lipinski definition) is 6. The summed E-state index contributed by atoms with van der Waals surface area (Å²) in [6.45, 7) is 3.61. The first-order chi connectivity index (χ1) is 14.6. The Morgan fingerprint density at radius 2 is 1.77 bits per heavy atom. The number of anilines is 2. The molecule has 1 saturated heterocycles. The highest BCUT2D eigenvalue weighted by atomic mass is 35.5. The molecule has 0 radical (unpaired) electrons. The number of amides is 4. The van der Waals surface area contributed by atoms with Crippen LogP contribution in [-0.2, 0) is 15.0 Å². The van der Waals surface area contributed by atoms with Crippen LogP contribution in [0.2, 0.25) is 10.0 Å². The second kappa shape index (κ2) is 7.34. The Balaban J connectivity index is 1.66. The van der Waals surface area contributed by atoms with Crippen molar-refractivity contribution < 1.29 is 19.1 Å². The highest BCUT2D eigenvalue weighted by molar-refractivity contribution is 6.37. The van der Waals surface area contributed by atoms with Crippen molar-refractivity contribution in [1.82, 2.24) is 10.7 Å². The van der Waals surface area contributed by atoms with Gasteiger partial charge in [0.2, 0.25) is 11.9 Å². The number of halogens is 2. The van der Waals surface area contributed by atoms with E-state index in [0.717, 1.165) is 10.6 Å². The number of carbonyl (C=O) groups excluding carboxylic acids is 3. The maximum Gasteiger partial charge on any atom is 0.340 e. The predicted octanol–water partition coefficient (Wildman–Crippen LogP) is 3.47. The highest BCUT2D eigenvalue weighted by Gasteiger charge is 2.39.